The van der Waals surface area contributed by atoms with Gasteiger partial charge in [-0.3, -0.25) is 4.79 Å². The molecule has 0 radical (unpaired) electrons. The molecule has 0 aromatic heterocycles. The summed E-state index contributed by atoms with van der Waals surface area (Å²) < 4.78 is 9.35. The highest BCUT2D eigenvalue weighted by atomic mass is 16.5. The molecule has 0 unspecified atom stereocenters. The van der Waals surface area contributed by atoms with Gasteiger partial charge in [0, 0.05) is 20.1 Å². The molecule has 1 fully saturated rings. The number of hydrogen-bond acceptors (Lipinski definition) is 4. The molecule has 0 aliphatic carbocycles. The van der Waals surface area contributed by atoms with Gasteiger partial charge in [-0.05, 0) is 33.6 Å². The largest absolute Gasteiger partial charge is 0.466 e. The minimum atomic E-state index is -0.211. The lowest BCUT2D eigenvalue weighted by atomic mass is 10.4. The third-order valence-electron chi connectivity index (χ3n) is 1.17. The van der Waals surface area contributed by atoms with Gasteiger partial charge in [0.05, 0.1) is 6.61 Å². The fraction of sp³-hybridized carbons (Fsp3) is 0.818. The molecule has 0 spiro atoms. The van der Waals surface area contributed by atoms with Gasteiger partial charge >= 0.3 is 5.97 Å². The molecule has 0 amide bonds. The Morgan fingerprint density at radius 3 is 1.60 bits per heavy atom. The second-order valence-electron chi connectivity index (χ2n) is 3.15. The first kappa shape index (κ1) is 16.5. The second kappa shape index (κ2) is 13.1. The third kappa shape index (κ3) is 32.0. The average Bonchev–Trinajstić information content (AvgIpc) is 2.58. The Morgan fingerprint density at radius 2 is 1.53 bits per heavy atom. The first-order valence-corrected chi connectivity index (χ1v) is 5.19. The van der Waals surface area contributed by atoms with Crippen molar-refractivity contribution in [3.63, 3.8) is 0 Å². The Balaban J connectivity index is 0. The number of Topliss-reactive ketones (excluding diaryl/α,β-unsaturated/α-hetero) is 1. The third-order valence-corrected chi connectivity index (χ3v) is 1.17. The van der Waals surface area contributed by atoms with Crippen molar-refractivity contribution in [3.8, 4) is 0 Å². The van der Waals surface area contributed by atoms with Crippen LogP contribution in [0.4, 0.5) is 0 Å². The molecule has 0 saturated carbocycles. The summed E-state index contributed by atoms with van der Waals surface area (Å²) in [7, 11) is 0. The Morgan fingerprint density at radius 1 is 1.13 bits per heavy atom. The van der Waals surface area contributed by atoms with Crippen molar-refractivity contribution in [2.24, 2.45) is 0 Å². The highest BCUT2D eigenvalue weighted by Crippen LogP contribution is 1.98. The molecule has 1 heterocycles. The lowest BCUT2D eigenvalue weighted by molar-refractivity contribution is -0.140. The van der Waals surface area contributed by atoms with E-state index in [1.54, 1.807) is 6.92 Å². The quantitative estimate of drug-likeness (QED) is 0.631. The van der Waals surface area contributed by atoms with Crippen molar-refractivity contribution in [1.29, 1.82) is 0 Å². The van der Waals surface area contributed by atoms with Gasteiger partial charge in [-0.2, -0.15) is 0 Å². The summed E-state index contributed by atoms with van der Waals surface area (Å²) in [6.45, 7) is 8.71. The van der Waals surface area contributed by atoms with Crippen LogP contribution in [0.1, 0.15) is 40.5 Å². The van der Waals surface area contributed by atoms with E-state index < -0.39 is 0 Å². The van der Waals surface area contributed by atoms with Crippen LogP contribution in [0.15, 0.2) is 0 Å². The average molecular weight is 218 g/mol. The lowest BCUT2D eigenvalue weighted by Gasteiger charge is -1.89. The van der Waals surface area contributed by atoms with E-state index in [0.717, 1.165) is 13.2 Å². The van der Waals surface area contributed by atoms with E-state index >= 15 is 0 Å². The first-order valence-electron chi connectivity index (χ1n) is 5.19. The summed E-state index contributed by atoms with van der Waals surface area (Å²) in [6, 6.07) is 0. The van der Waals surface area contributed by atoms with Crippen LogP contribution in [-0.2, 0) is 19.1 Å². The van der Waals surface area contributed by atoms with Crippen molar-refractivity contribution in [2.75, 3.05) is 19.8 Å². The number of rotatable bonds is 1. The molecule has 0 bridgehead atoms. The highest BCUT2D eigenvalue weighted by molar-refractivity contribution is 5.72. The van der Waals surface area contributed by atoms with Crippen molar-refractivity contribution in [2.45, 2.75) is 40.5 Å². The van der Waals surface area contributed by atoms with Gasteiger partial charge < -0.3 is 14.3 Å². The summed E-state index contributed by atoms with van der Waals surface area (Å²) in [4.78, 5) is 19.3. The molecule has 1 saturated heterocycles. The minimum Gasteiger partial charge on any atom is -0.466 e. The molecule has 15 heavy (non-hydrogen) atoms. The molecule has 0 aromatic rings. The van der Waals surface area contributed by atoms with E-state index in [2.05, 4.69) is 4.74 Å². The SMILES string of the molecule is C1CCOC1.CC(C)=O.CCOC(C)=O. The van der Waals surface area contributed by atoms with Gasteiger partial charge in [-0.1, -0.05) is 0 Å². The van der Waals surface area contributed by atoms with Gasteiger partial charge in [-0.15, -0.1) is 0 Å². The summed E-state index contributed by atoms with van der Waals surface area (Å²) in [5.41, 5.74) is 0. The fourth-order valence-electron chi connectivity index (χ4n) is 0.714. The summed E-state index contributed by atoms with van der Waals surface area (Å²) in [6.07, 6.45) is 2.56. The molecule has 0 atom stereocenters. The minimum absolute atomic E-state index is 0.167. The summed E-state index contributed by atoms with van der Waals surface area (Å²) in [5.74, 6) is -0.0440. The van der Waals surface area contributed by atoms with Crippen LogP contribution in [-0.4, -0.2) is 31.6 Å². The van der Waals surface area contributed by atoms with Gasteiger partial charge in [0.25, 0.3) is 0 Å². The van der Waals surface area contributed by atoms with Crippen molar-refractivity contribution in [1.82, 2.24) is 0 Å². The van der Waals surface area contributed by atoms with E-state index in [0.29, 0.717) is 6.61 Å². The Bertz CT molecular complexity index is 150. The maximum absolute atomic E-state index is 9.82. The zero-order chi connectivity index (χ0) is 12.1. The number of ketones is 1. The van der Waals surface area contributed by atoms with Crippen LogP contribution in [0.2, 0.25) is 0 Å². The van der Waals surface area contributed by atoms with E-state index in [1.807, 2.05) is 0 Å². The molecular weight excluding hydrogens is 196 g/mol. The monoisotopic (exact) mass is 218 g/mol. The Hall–Kier alpha value is -0.900. The topological polar surface area (TPSA) is 52.6 Å². The van der Waals surface area contributed by atoms with Crippen molar-refractivity contribution >= 4 is 11.8 Å². The van der Waals surface area contributed by atoms with Crippen LogP contribution >= 0.6 is 0 Å². The number of carbonyl (C=O) groups excluding carboxylic acids is 2. The molecule has 4 nitrogen and oxygen atoms in total. The van der Waals surface area contributed by atoms with E-state index in [4.69, 9.17) is 4.74 Å². The predicted octanol–water partition coefficient (Wildman–Crippen LogP) is 1.96. The molecule has 1 rings (SSSR count). The van der Waals surface area contributed by atoms with E-state index in [9.17, 15) is 9.59 Å². The molecule has 0 N–H and O–H groups in total. The second-order valence-corrected chi connectivity index (χ2v) is 3.15. The normalized spacial score (nSPS) is 12.8. The zero-order valence-corrected chi connectivity index (χ0v) is 10.2. The number of ether oxygens (including phenoxy) is 2. The highest BCUT2D eigenvalue weighted by Gasteiger charge is 1.94. The molecular formula is C11H22O4. The van der Waals surface area contributed by atoms with Crippen LogP contribution in [0, 0.1) is 0 Å². The van der Waals surface area contributed by atoms with Crippen LogP contribution in [0.25, 0.3) is 0 Å². The zero-order valence-electron chi connectivity index (χ0n) is 10.2. The molecule has 4 heteroatoms. The van der Waals surface area contributed by atoms with Crippen LogP contribution in [0.5, 0.6) is 0 Å². The van der Waals surface area contributed by atoms with Crippen LogP contribution < -0.4 is 0 Å². The van der Waals surface area contributed by atoms with Gasteiger partial charge in [0.15, 0.2) is 0 Å². The lowest BCUT2D eigenvalue weighted by Crippen LogP contribution is -1.95. The van der Waals surface area contributed by atoms with E-state index in [-0.39, 0.29) is 11.8 Å². The summed E-state index contributed by atoms with van der Waals surface area (Å²) >= 11 is 0. The first-order chi connectivity index (χ1) is 7.00. The number of hydrogen-bond donors (Lipinski definition) is 0. The van der Waals surface area contributed by atoms with E-state index in [1.165, 1.54) is 33.6 Å². The van der Waals surface area contributed by atoms with Crippen molar-refractivity contribution < 1.29 is 19.1 Å². The predicted molar refractivity (Wildman–Crippen MR) is 58.7 cm³/mol. The summed E-state index contributed by atoms with van der Waals surface area (Å²) in [5, 5.41) is 0. The number of esters is 1. The van der Waals surface area contributed by atoms with Crippen LogP contribution in [0.3, 0.4) is 0 Å². The number of carbonyl (C=O) groups is 2. The molecule has 90 valence electrons. The Kier molecular flexibility index (Phi) is 14.4. The standard InChI is InChI=1S/C4H8O2.C4H8O.C3H6O/c1-3-6-4(2)5;1-2-4-5-3-1;1-3(2)4/h3H2,1-2H3;1-4H2;1-2H3. The van der Waals surface area contributed by atoms with Gasteiger partial charge in [0.2, 0.25) is 0 Å². The van der Waals surface area contributed by atoms with Gasteiger partial charge in [-0.25, -0.2) is 0 Å². The molecule has 0 aromatic carbocycles. The Labute approximate surface area is 91.9 Å². The van der Waals surface area contributed by atoms with Gasteiger partial charge in [0.1, 0.15) is 5.78 Å². The maximum atomic E-state index is 9.82. The van der Waals surface area contributed by atoms with Crippen molar-refractivity contribution in [3.05, 3.63) is 0 Å². The smallest absolute Gasteiger partial charge is 0.302 e. The maximum Gasteiger partial charge on any atom is 0.302 e. The molecule has 1 aliphatic rings. The fourth-order valence-corrected chi connectivity index (χ4v) is 0.714. The molecule has 1 aliphatic heterocycles.